The highest BCUT2D eigenvalue weighted by Gasteiger charge is 2.22. The summed E-state index contributed by atoms with van der Waals surface area (Å²) in [5.41, 5.74) is 8.20. The van der Waals surface area contributed by atoms with Gasteiger partial charge in [0.25, 0.3) is 0 Å². The van der Waals surface area contributed by atoms with Crippen molar-refractivity contribution in [1.29, 1.82) is 5.41 Å². The second-order valence-electron chi connectivity index (χ2n) is 8.35. The molecule has 1 aromatic heterocycles. The van der Waals surface area contributed by atoms with E-state index in [4.69, 9.17) is 11.1 Å². The van der Waals surface area contributed by atoms with Gasteiger partial charge in [-0.05, 0) is 31.3 Å². The van der Waals surface area contributed by atoms with Crippen LogP contribution in [0.5, 0.6) is 5.75 Å². The monoisotopic (exact) mass is 490 g/mol. The lowest BCUT2D eigenvalue weighted by atomic mass is 10.1. The third kappa shape index (κ3) is 5.26. The van der Waals surface area contributed by atoms with Crippen molar-refractivity contribution in [3.63, 3.8) is 0 Å². The van der Waals surface area contributed by atoms with Crippen LogP contribution in [0.1, 0.15) is 5.56 Å². The second kappa shape index (κ2) is 10.4. The highest BCUT2D eigenvalue weighted by atomic mass is 19.1. The van der Waals surface area contributed by atoms with Gasteiger partial charge < -0.3 is 36.7 Å². The molecule has 2 heterocycles. The zero-order valence-corrected chi connectivity index (χ0v) is 19.8. The Morgan fingerprint density at radius 3 is 2.61 bits per heavy atom. The van der Waals surface area contributed by atoms with E-state index < -0.39 is 5.82 Å². The Kier molecular flexibility index (Phi) is 7.11. The molecule has 6 N–H and O–H groups in total. The summed E-state index contributed by atoms with van der Waals surface area (Å²) < 4.78 is 15.0. The molecule has 0 radical (unpaired) electrons. The molecule has 0 unspecified atom stereocenters. The molecule has 0 aliphatic carbocycles. The number of aromatic nitrogens is 2. The van der Waals surface area contributed by atoms with Crippen LogP contribution in [-0.4, -0.2) is 65.3 Å². The lowest BCUT2D eigenvalue weighted by Crippen LogP contribution is -2.44. The van der Waals surface area contributed by atoms with Gasteiger partial charge in [-0.25, -0.2) is 9.37 Å². The fourth-order valence-electron chi connectivity index (χ4n) is 3.97. The maximum absolute atomic E-state index is 15.0. The number of aromatic hydroxyl groups is 1. The Morgan fingerprint density at radius 2 is 1.94 bits per heavy atom. The number of nitrogens with one attached hydrogen (secondary N) is 3. The van der Waals surface area contributed by atoms with E-state index in [2.05, 4.69) is 32.1 Å². The van der Waals surface area contributed by atoms with Gasteiger partial charge in [0, 0.05) is 55.4 Å². The van der Waals surface area contributed by atoms with Crippen molar-refractivity contribution >= 4 is 41.0 Å². The van der Waals surface area contributed by atoms with E-state index >= 15 is 4.39 Å². The molecule has 0 spiro atoms. The third-order valence-electron chi connectivity index (χ3n) is 5.83. The summed E-state index contributed by atoms with van der Waals surface area (Å²) in [7, 11) is 2.00. The number of amides is 1. The predicted octanol–water partition coefficient (Wildman–Crippen LogP) is 3.19. The summed E-state index contributed by atoms with van der Waals surface area (Å²) in [5.74, 6) is -1.04. The molecule has 10 nitrogen and oxygen atoms in total. The maximum atomic E-state index is 15.0. The number of benzene rings is 2. The number of carbonyl (C=O) groups is 1. The van der Waals surface area contributed by atoms with Gasteiger partial charge >= 0.3 is 0 Å². The summed E-state index contributed by atoms with van der Waals surface area (Å²) in [5, 5.41) is 23.9. The first-order valence-electron chi connectivity index (χ1n) is 11.2. The van der Waals surface area contributed by atoms with Crippen molar-refractivity contribution in [3.05, 3.63) is 60.4 Å². The number of carbonyl (C=O) groups excluding carboxylic acids is 1. The van der Waals surface area contributed by atoms with E-state index in [1.165, 1.54) is 12.1 Å². The zero-order valence-electron chi connectivity index (χ0n) is 19.8. The Balaban J connectivity index is 1.65. The van der Waals surface area contributed by atoms with Crippen LogP contribution in [0.4, 0.5) is 33.2 Å². The molecule has 0 saturated carbocycles. The number of hydrogen-bond acceptors (Lipinski definition) is 9. The average molecular weight is 491 g/mol. The van der Waals surface area contributed by atoms with Gasteiger partial charge in [0.15, 0.2) is 5.82 Å². The van der Waals surface area contributed by atoms with Gasteiger partial charge in [-0.2, -0.15) is 4.98 Å². The van der Waals surface area contributed by atoms with E-state index in [9.17, 15) is 9.90 Å². The number of nitrogens with two attached hydrogens (primary N) is 1. The molecule has 0 atom stereocenters. The molecular weight excluding hydrogens is 463 g/mol. The quantitative estimate of drug-likeness (QED) is 0.251. The topological polar surface area (TPSA) is 143 Å². The molecule has 1 aliphatic rings. The lowest BCUT2D eigenvalue weighted by molar-refractivity contribution is -0.111. The van der Waals surface area contributed by atoms with Crippen LogP contribution in [-0.2, 0) is 4.79 Å². The molecule has 1 saturated heterocycles. The highest BCUT2D eigenvalue weighted by molar-refractivity contribution is 5.99. The van der Waals surface area contributed by atoms with Crippen molar-refractivity contribution in [2.24, 2.45) is 0 Å². The Bertz CT molecular complexity index is 1300. The Morgan fingerprint density at radius 1 is 1.19 bits per heavy atom. The molecule has 4 rings (SSSR count). The number of phenolic OH excluding ortho intramolecular Hbond substituents is 1. The molecule has 2 aromatic carbocycles. The van der Waals surface area contributed by atoms with Crippen molar-refractivity contribution < 1.29 is 14.3 Å². The number of anilines is 5. The maximum Gasteiger partial charge on any atom is 0.247 e. The highest BCUT2D eigenvalue weighted by Crippen LogP contribution is 2.35. The first-order valence-corrected chi connectivity index (χ1v) is 11.2. The van der Waals surface area contributed by atoms with Crippen LogP contribution < -0.4 is 21.3 Å². The molecule has 0 bridgehead atoms. The number of rotatable bonds is 7. The standard InChI is InChI=1S/C25H27FN8O2/c1-3-21(36)29-16-6-4-5-15(11-16)22-18(14-27)24(28)32-25(31-22)30-17-12-19(26)23(20(35)13-17)34-9-7-33(2)8-10-34/h3-6,11-14,27,35H,1,7-10H2,2H3,(H,29,36)(H3,28,30,31,32). The summed E-state index contributed by atoms with van der Waals surface area (Å²) in [6.45, 7) is 6.19. The van der Waals surface area contributed by atoms with Crippen LogP contribution in [0.3, 0.4) is 0 Å². The molecular formula is C25H27FN8O2. The number of piperazine rings is 1. The predicted molar refractivity (Wildman–Crippen MR) is 140 cm³/mol. The summed E-state index contributed by atoms with van der Waals surface area (Å²) in [4.78, 5) is 24.3. The van der Waals surface area contributed by atoms with Crippen molar-refractivity contribution in [3.8, 4) is 17.0 Å². The first kappa shape index (κ1) is 24.6. The van der Waals surface area contributed by atoms with E-state index in [1.807, 2.05) is 11.9 Å². The smallest absolute Gasteiger partial charge is 0.247 e. The molecule has 1 fully saturated rings. The minimum atomic E-state index is -0.572. The summed E-state index contributed by atoms with van der Waals surface area (Å²) in [6.07, 6.45) is 2.20. The van der Waals surface area contributed by atoms with Gasteiger partial charge in [-0.15, -0.1) is 0 Å². The van der Waals surface area contributed by atoms with Crippen LogP contribution >= 0.6 is 0 Å². The largest absolute Gasteiger partial charge is 0.506 e. The fraction of sp³-hybridized carbons (Fsp3) is 0.200. The minimum absolute atomic E-state index is 0.0387. The van der Waals surface area contributed by atoms with Gasteiger partial charge in [-0.3, -0.25) is 4.79 Å². The number of phenols is 1. The van der Waals surface area contributed by atoms with Crippen LogP contribution in [0, 0.1) is 11.2 Å². The van der Waals surface area contributed by atoms with Crippen LogP contribution in [0.2, 0.25) is 0 Å². The average Bonchev–Trinajstić information content (AvgIpc) is 2.84. The summed E-state index contributed by atoms with van der Waals surface area (Å²) >= 11 is 0. The van der Waals surface area contributed by atoms with Gasteiger partial charge in [0.2, 0.25) is 11.9 Å². The fourth-order valence-corrected chi connectivity index (χ4v) is 3.97. The number of likely N-dealkylation sites (N-methyl/N-ethyl adjacent to an activating group) is 1. The van der Waals surface area contributed by atoms with Gasteiger partial charge in [0.1, 0.15) is 17.3 Å². The molecule has 11 heteroatoms. The zero-order chi connectivity index (χ0) is 25.8. The van der Waals surface area contributed by atoms with E-state index in [0.29, 0.717) is 30.0 Å². The molecule has 36 heavy (non-hydrogen) atoms. The molecule has 186 valence electrons. The SMILES string of the molecule is C=CC(=O)Nc1cccc(-c2nc(Nc3cc(O)c(N4CCN(C)CC4)c(F)c3)nc(N)c2C=N)c1. The van der Waals surface area contributed by atoms with Crippen molar-refractivity contribution in [2.75, 3.05) is 54.5 Å². The Hall–Kier alpha value is -4.51. The van der Waals surface area contributed by atoms with Crippen LogP contribution in [0.15, 0.2) is 49.1 Å². The first-order chi connectivity index (χ1) is 17.3. The number of halogens is 1. The Labute approximate surface area is 207 Å². The van der Waals surface area contributed by atoms with Crippen molar-refractivity contribution in [1.82, 2.24) is 14.9 Å². The normalized spacial score (nSPS) is 13.8. The lowest BCUT2D eigenvalue weighted by Gasteiger charge is -2.34. The van der Waals surface area contributed by atoms with Gasteiger partial charge in [-0.1, -0.05) is 18.7 Å². The van der Waals surface area contributed by atoms with Crippen LogP contribution in [0.25, 0.3) is 11.3 Å². The van der Waals surface area contributed by atoms with Gasteiger partial charge in [0.05, 0.1) is 11.3 Å². The van der Waals surface area contributed by atoms with E-state index in [1.54, 1.807) is 24.3 Å². The molecule has 3 aromatic rings. The van der Waals surface area contributed by atoms with Crippen molar-refractivity contribution in [2.45, 2.75) is 0 Å². The molecule has 1 amide bonds. The number of nitrogen functional groups attached to an aromatic ring is 1. The van der Waals surface area contributed by atoms with E-state index in [-0.39, 0.29) is 40.4 Å². The van der Waals surface area contributed by atoms with E-state index in [0.717, 1.165) is 25.4 Å². The number of hydrogen-bond donors (Lipinski definition) is 5. The summed E-state index contributed by atoms with van der Waals surface area (Å²) in [6, 6.07) is 9.52. The second-order valence-corrected chi connectivity index (χ2v) is 8.35. The molecule has 1 aliphatic heterocycles. The minimum Gasteiger partial charge on any atom is -0.506 e. The number of nitrogens with zero attached hydrogens (tertiary/aromatic N) is 4. The third-order valence-corrected chi connectivity index (χ3v) is 5.83.